The van der Waals surface area contributed by atoms with Gasteiger partial charge in [0.1, 0.15) is 0 Å². The molecule has 2 aromatic rings. The van der Waals surface area contributed by atoms with E-state index < -0.39 is 0 Å². The van der Waals surface area contributed by atoms with Crippen molar-refractivity contribution in [3.63, 3.8) is 0 Å². The van der Waals surface area contributed by atoms with Crippen LogP contribution in [0.4, 0.5) is 0 Å². The van der Waals surface area contributed by atoms with Crippen molar-refractivity contribution in [2.24, 2.45) is 0 Å². The molecule has 0 unspecified atom stereocenters. The zero-order chi connectivity index (χ0) is 9.97. The highest BCUT2D eigenvalue weighted by Crippen LogP contribution is 2.16. The van der Waals surface area contributed by atoms with Crippen LogP contribution in [0, 0.1) is 6.92 Å². The summed E-state index contributed by atoms with van der Waals surface area (Å²) in [4.78, 5) is 0. The van der Waals surface area contributed by atoms with Gasteiger partial charge >= 0.3 is 0 Å². The fraction of sp³-hybridized carbons (Fsp3) is 0.167. The van der Waals surface area contributed by atoms with Gasteiger partial charge in [-0.15, -0.1) is 0 Å². The van der Waals surface area contributed by atoms with Gasteiger partial charge in [0, 0.05) is 18.0 Å². The van der Waals surface area contributed by atoms with E-state index in [1.807, 2.05) is 48.1 Å². The number of rotatable bonds is 2. The van der Waals surface area contributed by atoms with Gasteiger partial charge in [-0.05, 0) is 30.7 Å². The molecule has 2 heteroatoms. The molecule has 0 atom stereocenters. The maximum absolute atomic E-state index is 9.19. The summed E-state index contributed by atoms with van der Waals surface area (Å²) in [5.74, 6) is 0. The normalized spacial score (nSPS) is 10.4. The number of hydrogen-bond acceptors (Lipinski definition) is 1. The van der Waals surface area contributed by atoms with Crippen molar-refractivity contribution in [1.82, 2.24) is 4.57 Å². The number of aromatic nitrogens is 1. The van der Waals surface area contributed by atoms with E-state index in [1.54, 1.807) is 0 Å². The van der Waals surface area contributed by atoms with Crippen LogP contribution in [-0.4, -0.2) is 9.67 Å². The van der Waals surface area contributed by atoms with E-state index in [2.05, 4.69) is 6.07 Å². The Balaban J connectivity index is 2.55. The Bertz CT molecular complexity index is 418. The Labute approximate surface area is 83.4 Å². The van der Waals surface area contributed by atoms with Gasteiger partial charge in [-0.3, -0.25) is 0 Å². The molecule has 72 valence electrons. The van der Waals surface area contributed by atoms with Crippen molar-refractivity contribution in [3.05, 3.63) is 53.9 Å². The number of aryl methyl sites for hydroxylation is 1. The van der Waals surface area contributed by atoms with Crippen LogP contribution in [0.15, 0.2) is 42.7 Å². The first kappa shape index (κ1) is 9.03. The third-order valence-electron chi connectivity index (χ3n) is 2.29. The highest BCUT2D eigenvalue weighted by molar-refractivity contribution is 5.43. The lowest BCUT2D eigenvalue weighted by Gasteiger charge is -2.09. The summed E-state index contributed by atoms with van der Waals surface area (Å²) in [5.41, 5.74) is 3.20. The molecule has 1 heterocycles. The van der Waals surface area contributed by atoms with Gasteiger partial charge in [0.2, 0.25) is 0 Å². The van der Waals surface area contributed by atoms with Crippen LogP contribution in [0.1, 0.15) is 11.1 Å². The minimum atomic E-state index is 0.0772. The Hall–Kier alpha value is -1.54. The zero-order valence-electron chi connectivity index (χ0n) is 8.14. The molecular weight excluding hydrogens is 174 g/mol. The maximum Gasteiger partial charge on any atom is 0.0702 e. The molecule has 0 saturated carbocycles. The molecular formula is C12H13NO. The number of hydrogen-bond donors (Lipinski definition) is 1. The van der Waals surface area contributed by atoms with Gasteiger partial charge in [0.15, 0.2) is 0 Å². The van der Waals surface area contributed by atoms with E-state index in [-0.39, 0.29) is 6.61 Å². The first-order valence-corrected chi connectivity index (χ1v) is 4.65. The summed E-state index contributed by atoms with van der Waals surface area (Å²) in [5, 5.41) is 9.19. The topological polar surface area (TPSA) is 25.2 Å². The summed E-state index contributed by atoms with van der Waals surface area (Å²) in [6, 6.07) is 10.0. The highest BCUT2D eigenvalue weighted by Gasteiger charge is 2.02. The third kappa shape index (κ3) is 1.56. The molecule has 0 bridgehead atoms. The molecule has 0 radical (unpaired) electrons. The van der Waals surface area contributed by atoms with Gasteiger partial charge in [-0.25, -0.2) is 0 Å². The Morgan fingerprint density at radius 2 is 1.93 bits per heavy atom. The van der Waals surface area contributed by atoms with E-state index in [9.17, 15) is 5.11 Å². The minimum Gasteiger partial charge on any atom is -0.392 e. The van der Waals surface area contributed by atoms with E-state index in [0.717, 1.165) is 11.3 Å². The molecule has 1 N–H and O–H groups in total. The zero-order valence-corrected chi connectivity index (χ0v) is 8.14. The van der Waals surface area contributed by atoms with Crippen LogP contribution in [0.25, 0.3) is 5.69 Å². The molecule has 0 saturated heterocycles. The molecule has 14 heavy (non-hydrogen) atoms. The first-order valence-electron chi connectivity index (χ1n) is 4.65. The van der Waals surface area contributed by atoms with Crippen molar-refractivity contribution < 1.29 is 5.11 Å². The molecule has 0 aliphatic heterocycles. The summed E-state index contributed by atoms with van der Waals surface area (Å²) in [6.07, 6.45) is 3.96. The molecule has 1 aromatic carbocycles. The summed E-state index contributed by atoms with van der Waals surface area (Å²) in [6.45, 7) is 2.13. The molecule has 1 aromatic heterocycles. The van der Waals surface area contributed by atoms with Crippen molar-refractivity contribution in [3.8, 4) is 5.69 Å². The second kappa shape index (κ2) is 3.68. The summed E-state index contributed by atoms with van der Waals surface area (Å²) >= 11 is 0. The second-order valence-electron chi connectivity index (χ2n) is 3.38. The summed E-state index contributed by atoms with van der Waals surface area (Å²) < 4.78 is 2.01. The SMILES string of the molecule is Cc1ccc(CO)c(-n2cccc2)c1. The fourth-order valence-electron chi connectivity index (χ4n) is 1.54. The maximum atomic E-state index is 9.19. The average molecular weight is 187 g/mol. The van der Waals surface area contributed by atoms with Gasteiger partial charge in [0.25, 0.3) is 0 Å². The van der Waals surface area contributed by atoms with Crippen molar-refractivity contribution in [2.75, 3.05) is 0 Å². The monoisotopic (exact) mass is 187 g/mol. The lowest BCUT2D eigenvalue weighted by molar-refractivity contribution is 0.281. The van der Waals surface area contributed by atoms with Gasteiger partial charge in [-0.2, -0.15) is 0 Å². The number of aliphatic hydroxyl groups is 1. The smallest absolute Gasteiger partial charge is 0.0702 e. The first-order chi connectivity index (χ1) is 6.81. The Morgan fingerprint density at radius 1 is 1.21 bits per heavy atom. The third-order valence-corrected chi connectivity index (χ3v) is 2.29. The van der Waals surface area contributed by atoms with Crippen molar-refractivity contribution in [1.29, 1.82) is 0 Å². The minimum absolute atomic E-state index is 0.0772. The molecule has 2 rings (SSSR count). The summed E-state index contributed by atoms with van der Waals surface area (Å²) in [7, 11) is 0. The van der Waals surface area contributed by atoms with Crippen LogP contribution < -0.4 is 0 Å². The average Bonchev–Trinajstić information content (AvgIpc) is 2.70. The number of benzene rings is 1. The molecule has 2 nitrogen and oxygen atoms in total. The molecule has 0 amide bonds. The van der Waals surface area contributed by atoms with E-state index in [1.165, 1.54) is 5.56 Å². The van der Waals surface area contributed by atoms with Crippen LogP contribution >= 0.6 is 0 Å². The predicted molar refractivity (Wildman–Crippen MR) is 56.4 cm³/mol. The quantitative estimate of drug-likeness (QED) is 0.766. The van der Waals surface area contributed by atoms with Gasteiger partial charge in [-0.1, -0.05) is 12.1 Å². The Morgan fingerprint density at radius 3 is 2.57 bits per heavy atom. The molecule has 0 aliphatic carbocycles. The van der Waals surface area contributed by atoms with Gasteiger partial charge < -0.3 is 9.67 Å². The fourth-order valence-corrected chi connectivity index (χ4v) is 1.54. The number of nitrogens with zero attached hydrogens (tertiary/aromatic N) is 1. The Kier molecular flexibility index (Phi) is 2.37. The lowest BCUT2D eigenvalue weighted by atomic mass is 10.1. The lowest BCUT2D eigenvalue weighted by Crippen LogP contribution is -1.97. The van der Waals surface area contributed by atoms with Crippen LogP contribution in [0.3, 0.4) is 0 Å². The second-order valence-corrected chi connectivity index (χ2v) is 3.38. The van der Waals surface area contributed by atoms with E-state index in [0.29, 0.717) is 0 Å². The van der Waals surface area contributed by atoms with E-state index >= 15 is 0 Å². The van der Waals surface area contributed by atoms with Crippen molar-refractivity contribution in [2.45, 2.75) is 13.5 Å². The predicted octanol–water partition coefficient (Wildman–Crippen LogP) is 2.28. The standard InChI is InChI=1S/C12H13NO/c1-10-4-5-11(9-14)12(8-10)13-6-2-3-7-13/h2-8,14H,9H2,1H3. The molecule has 0 spiro atoms. The van der Waals surface area contributed by atoms with Crippen LogP contribution in [0.2, 0.25) is 0 Å². The number of aliphatic hydroxyl groups excluding tert-OH is 1. The highest BCUT2D eigenvalue weighted by atomic mass is 16.3. The van der Waals surface area contributed by atoms with Crippen LogP contribution in [0.5, 0.6) is 0 Å². The van der Waals surface area contributed by atoms with Crippen molar-refractivity contribution >= 4 is 0 Å². The molecule has 0 aliphatic rings. The largest absolute Gasteiger partial charge is 0.392 e. The van der Waals surface area contributed by atoms with Crippen LogP contribution in [-0.2, 0) is 6.61 Å². The van der Waals surface area contributed by atoms with E-state index in [4.69, 9.17) is 0 Å². The molecule has 0 fully saturated rings. The van der Waals surface area contributed by atoms with Gasteiger partial charge in [0.05, 0.1) is 12.3 Å².